The molecule has 30 heavy (non-hydrogen) atoms. The fraction of sp³-hybridized carbons (Fsp3) is 0.318. The average Bonchev–Trinajstić information content (AvgIpc) is 3.15. The van der Waals surface area contributed by atoms with Gasteiger partial charge in [-0.05, 0) is 49.1 Å². The molecule has 0 saturated carbocycles. The molecule has 1 N–H and O–H groups in total. The van der Waals surface area contributed by atoms with E-state index in [0.717, 1.165) is 5.56 Å². The van der Waals surface area contributed by atoms with E-state index in [4.69, 9.17) is 4.42 Å². The smallest absolute Gasteiger partial charge is 0.322 e. The van der Waals surface area contributed by atoms with E-state index in [-0.39, 0.29) is 16.5 Å². The van der Waals surface area contributed by atoms with Crippen molar-refractivity contribution in [1.82, 2.24) is 10.2 Å². The van der Waals surface area contributed by atoms with Crippen LogP contribution in [-0.4, -0.2) is 29.8 Å². The Labute approximate surface area is 176 Å². The number of aromatic nitrogens is 2. The van der Waals surface area contributed by atoms with Crippen molar-refractivity contribution in [1.29, 1.82) is 0 Å². The molecule has 3 rings (SSSR count). The molecule has 2 aromatic carbocycles. The van der Waals surface area contributed by atoms with Gasteiger partial charge in [0, 0.05) is 5.56 Å². The summed E-state index contributed by atoms with van der Waals surface area (Å²) in [5.74, 6) is 0.310. The van der Waals surface area contributed by atoms with Crippen LogP contribution in [0.1, 0.15) is 61.0 Å². The Hall–Kier alpha value is -3.00. The number of hydrogen-bond donors (Lipinski definition) is 1. The van der Waals surface area contributed by atoms with E-state index in [1.807, 2.05) is 12.1 Å². The zero-order valence-corrected chi connectivity index (χ0v) is 18.2. The van der Waals surface area contributed by atoms with Crippen LogP contribution in [0, 0.1) is 0 Å². The first-order chi connectivity index (χ1) is 14.2. The van der Waals surface area contributed by atoms with Crippen molar-refractivity contribution in [2.24, 2.45) is 0 Å². The minimum absolute atomic E-state index is 0.0362. The SMILES string of the molecule is CC(C)c1ccc(Cc2nnc(NC(=O)c3cccc(S(=O)(=O)C(C)C)c3)o2)cc1. The maximum atomic E-state index is 12.5. The van der Waals surface area contributed by atoms with Crippen molar-refractivity contribution in [3.05, 3.63) is 71.1 Å². The largest absolute Gasteiger partial charge is 0.407 e. The first kappa shape index (κ1) is 21.7. The van der Waals surface area contributed by atoms with E-state index in [2.05, 4.69) is 41.5 Å². The van der Waals surface area contributed by atoms with Gasteiger partial charge in [0.1, 0.15) is 0 Å². The Balaban J connectivity index is 1.69. The van der Waals surface area contributed by atoms with Crippen LogP contribution in [0.3, 0.4) is 0 Å². The lowest BCUT2D eigenvalue weighted by Crippen LogP contribution is -2.16. The molecule has 0 unspecified atom stereocenters. The van der Waals surface area contributed by atoms with E-state index in [1.165, 1.54) is 29.8 Å². The molecular weight excluding hydrogens is 402 g/mol. The molecule has 7 nitrogen and oxygen atoms in total. The van der Waals surface area contributed by atoms with Crippen LogP contribution in [-0.2, 0) is 16.3 Å². The highest BCUT2D eigenvalue weighted by molar-refractivity contribution is 7.92. The number of amides is 1. The van der Waals surface area contributed by atoms with Crippen LogP contribution >= 0.6 is 0 Å². The van der Waals surface area contributed by atoms with Gasteiger partial charge in [0.05, 0.1) is 16.6 Å². The van der Waals surface area contributed by atoms with Crippen LogP contribution in [0.5, 0.6) is 0 Å². The third kappa shape index (κ3) is 4.94. The van der Waals surface area contributed by atoms with E-state index >= 15 is 0 Å². The predicted molar refractivity (Wildman–Crippen MR) is 114 cm³/mol. The molecular formula is C22H25N3O4S. The van der Waals surface area contributed by atoms with Crippen molar-refractivity contribution in [3.8, 4) is 0 Å². The van der Waals surface area contributed by atoms with Crippen molar-refractivity contribution in [2.75, 3.05) is 5.32 Å². The fourth-order valence-electron chi connectivity index (χ4n) is 2.83. The molecule has 0 radical (unpaired) electrons. The fourth-order valence-corrected chi connectivity index (χ4v) is 3.93. The van der Waals surface area contributed by atoms with Crippen LogP contribution in [0.2, 0.25) is 0 Å². The maximum absolute atomic E-state index is 12.5. The Bertz CT molecular complexity index is 1130. The number of nitrogens with one attached hydrogen (secondary N) is 1. The van der Waals surface area contributed by atoms with Crippen LogP contribution in [0.4, 0.5) is 6.01 Å². The second kappa shape index (κ2) is 8.79. The summed E-state index contributed by atoms with van der Waals surface area (Å²) in [6.45, 7) is 7.46. The first-order valence-corrected chi connectivity index (χ1v) is 11.3. The highest BCUT2D eigenvalue weighted by atomic mass is 32.2. The molecule has 0 aliphatic heterocycles. The maximum Gasteiger partial charge on any atom is 0.322 e. The first-order valence-electron chi connectivity index (χ1n) is 9.73. The van der Waals surface area contributed by atoms with E-state index in [0.29, 0.717) is 18.2 Å². The Kier molecular flexibility index (Phi) is 6.36. The lowest BCUT2D eigenvalue weighted by Gasteiger charge is -2.09. The number of carbonyl (C=O) groups is 1. The molecule has 1 amide bonds. The van der Waals surface area contributed by atoms with E-state index < -0.39 is 21.0 Å². The van der Waals surface area contributed by atoms with Crippen molar-refractivity contribution in [3.63, 3.8) is 0 Å². The summed E-state index contributed by atoms with van der Waals surface area (Å²) in [5.41, 5.74) is 2.47. The summed E-state index contributed by atoms with van der Waals surface area (Å²) in [7, 11) is -3.48. The molecule has 0 spiro atoms. The second-order valence-corrected chi connectivity index (χ2v) is 10.2. The van der Waals surface area contributed by atoms with Gasteiger partial charge < -0.3 is 4.42 Å². The Morgan fingerprint density at radius 1 is 1.03 bits per heavy atom. The van der Waals surface area contributed by atoms with Crippen LogP contribution in [0.25, 0.3) is 0 Å². The molecule has 3 aromatic rings. The lowest BCUT2D eigenvalue weighted by atomic mass is 10.0. The van der Waals surface area contributed by atoms with Gasteiger partial charge in [-0.25, -0.2) is 8.42 Å². The highest BCUT2D eigenvalue weighted by Gasteiger charge is 2.21. The van der Waals surface area contributed by atoms with Crippen molar-refractivity contribution in [2.45, 2.75) is 50.2 Å². The average molecular weight is 428 g/mol. The van der Waals surface area contributed by atoms with Gasteiger partial charge in [0.2, 0.25) is 5.89 Å². The summed E-state index contributed by atoms with van der Waals surface area (Å²) >= 11 is 0. The quantitative estimate of drug-likeness (QED) is 0.606. The molecule has 0 aliphatic rings. The van der Waals surface area contributed by atoms with Gasteiger partial charge >= 0.3 is 6.01 Å². The molecule has 1 heterocycles. The third-order valence-electron chi connectivity index (χ3n) is 4.73. The van der Waals surface area contributed by atoms with Crippen LogP contribution < -0.4 is 5.32 Å². The number of nitrogens with zero attached hydrogens (tertiary/aromatic N) is 2. The molecule has 8 heteroatoms. The van der Waals surface area contributed by atoms with Gasteiger partial charge in [-0.15, -0.1) is 5.10 Å². The van der Waals surface area contributed by atoms with E-state index in [1.54, 1.807) is 13.8 Å². The van der Waals surface area contributed by atoms with Gasteiger partial charge in [-0.1, -0.05) is 49.3 Å². The number of carbonyl (C=O) groups excluding carboxylic acids is 1. The normalized spacial score (nSPS) is 11.8. The van der Waals surface area contributed by atoms with Crippen molar-refractivity contribution >= 4 is 21.8 Å². The number of rotatable bonds is 7. The molecule has 1 aromatic heterocycles. The molecule has 0 bridgehead atoms. The minimum atomic E-state index is -3.48. The lowest BCUT2D eigenvalue weighted by molar-refractivity contribution is 0.102. The molecule has 0 aliphatic carbocycles. The number of sulfone groups is 1. The molecule has 0 saturated heterocycles. The summed E-state index contributed by atoms with van der Waals surface area (Å²) in [6, 6.07) is 14.0. The molecule has 0 fully saturated rings. The van der Waals surface area contributed by atoms with Gasteiger partial charge in [0.15, 0.2) is 9.84 Å². The molecule has 0 atom stereocenters. The number of hydrogen-bond acceptors (Lipinski definition) is 6. The topological polar surface area (TPSA) is 102 Å². The van der Waals surface area contributed by atoms with Gasteiger partial charge in [0.25, 0.3) is 5.91 Å². The van der Waals surface area contributed by atoms with Gasteiger partial charge in [-0.2, -0.15) is 0 Å². The standard InChI is InChI=1S/C22H25N3O4S/c1-14(2)17-10-8-16(9-11-17)12-20-24-25-22(29-20)23-21(26)18-6-5-7-19(13-18)30(27,28)15(3)4/h5-11,13-15H,12H2,1-4H3,(H,23,25,26). The Morgan fingerprint density at radius 3 is 2.37 bits per heavy atom. The highest BCUT2D eigenvalue weighted by Crippen LogP contribution is 2.19. The minimum Gasteiger partial charge on any atom is -0.407 e. The van der Waals surface area contributed by atoms with Gasteiger partial charge in [-0.3, -0.25) is 10.1 Å². The molecule has 158 valence electrons. The zero-order chi connectivity index (χ0) is 21.9. The summed E-state index contributed by atoms with van der Waals surface area (Å²) in [5, 5.41) is 9.77. The van der Waals surface area contributed by atoms with Crippen molar-refractivity contribution < 1.29 is 17.6 Å². The number of benzene rings is 2. The zero-order valence-electron chi connectivity index (χ0n) is 17.4. The predicted octanol–water partition coefficient (Wildman–Crippen LogP) is 4.22. The summed E-state index contributed by atoms with van der Waals surface area (Å²) in [6.07, 6.45) is 0.448. The monoisotopic (exact) mass is 427 g/mol. The van der Waals surface area contributed by atoms with Crippen LogP contribution in [0.15, 0.2) is 57.8 Å². The summed E-state index contributed by atoms with van der Waals surface area (Å²) < 4.78 is 30.2. The number of anilines is 1. The second-order valence-electron chi connectivity index (χ2n) is 7.65. The summed E-state index contributed by atoms with van der Waals surface area (Å²) in [4.78, 5) is 12.6. The van der Waals surface area contributed by atoms with E-state index in [9.17, 15) is 13.2 Å². The third-order valence-corrected chi connectivity index (χ3v) is 6.89. The Morgan fingerprint density at radius 2 is 1.73 bits per heavy atom.